The first-order valence-electron chi connectivity index (χ1n) is 6.95. The summed E-state index contributed by atoms with van der Waals surface area (Å²) in [6.07, 6.45) is 7.50. The second-order valence-corrected chi connectivity index (χ2v) is 5.49. The third-order valence-corrected chi connectivity index (χ3v) is 4.33. The van der Waals surface area contributed by atoms with Gasteiger partial charge in [-0.25, -0.2) is 0 Å². The zero-order valence-corrected chi connectivity index (χ0v) is 10.4. The standard InChI is InChI=1S/C15H22N2/c16-13-7-9-14(10-8-13)17-11-3-5-12-4-1-2-6-15(12)17/h1-2,4,6,13-14H,3,5,7-11,16H2. The van der Waals surface area contributed by atoms with Crippen molar-refractivity contribution in [2.75, 3.05) is 11.4 Å². The van der Waals surface area contributed by atoms with Crippen molar-refractivity contribution in [3.05, 3.63) is 29.8 Å². The summed E-state index contributed by atoms with van der Waals surface area (Å²) in [5, 5.41) is 0. The quantitative estimate of drug-likeness (QED) is 0.803. The Labute approximate surface area is 104 Å². The van der Waals surface area contributed by atoms with Crippen molar-refractivity contribution < 1.29 is 0 Å². The fourth-order valence-electron chi connectivity index (χ4n) is 3.36. The summed E-state index contributed by atoms with van der Waals surface area (Å²) in [5.41, 5.74) is 9.02. The molecule has 1 aromatic carbocycles. The molecule has 0 spiro atoms. The molecule has 1 fully saturated rings. The molecule has 1 aliphatic carbocycles. The van der Waals surface area contributed by atoms with Crippen molar-refractivity contribution >= 4 is 5.69 Å². The predicted octanol–water partition coefficient (Wildman–Crippen LogP) is 2.71. The Kier molecular flexibility index (Phi) is 3.06. The van der Waals surface area contributed by atoms with Gasteiger partial charge in [-0.1, -0.05) is 18.2 Å². The molecule has 1 saturated carbocycles. The molecule has 1 aromatic rings. The maximum Gasteiger partial charge on any atom is 0.0401 e. The highest BCUT2D eigenvalue weighted by Gasteiger charge is 2.27. The van der Waals surface area contributed by atoms with E-state index in [1.54, 1.807) is 0 Å². The van der Waals surface area contributed by atoms with E-state index >= 15 is 0 Å². The normalized spacial score (nSPS) is 28.9. The van der Waals surface area contributed by atoms with Crippen LogP contribution in [0.4, 0.5) is 5.69 Å². The lowest BCUT2D eigenvalue weighted by molar-refractivity contribution is 0.371. The largest absolute Gasteiger partial charge is 0.368 e. The van der Waals surface area contributed by atoms with Gasteiger partial charge in [0.2, 0.25) is 0 Å². The Bertz CT molecular complexity index is 380. The van der Waals surface area contributed by atoms with E-state index in [0.717, 1.165) is 6.04 Å². The van der Waals surface area contributed by atoms with E-state index in [1.807, 2.05) is 0 Å². The molecule has 1 aliphatic heterocycles. The first-order valence-corrected chi connectivity index (χ1v) is 6.95. The highest BCUT2D eigenvalue weighted by atomic mass is 15.2. The van der Waals surface area contributed by atoms with Gasteiger partial charge in [-0.3, -0.25) is 0 Å². The van der Waals surface area contributed by atoms with E-state index in [2.05, 4.69) is 29.2 Å². The molecule has 2 heteroatoms. The number of benzene rings is 1. The SMILES string of the molecule is NC1CCC(N2CCCc3ccccc32)CC1. The van der Waals surface area contributed by atoms with Crippen molar-refractivity contribution in [2.24, 2.45) is 5.73 Å². The van der Waals surface area contributed by atoms with Gasteiger partial charge in [0.15, 0.2) is 0 Å². The molecule has 0 atom stereocenters. The molecule has 3 rings (SSSR count). The zero-order valence-electron chi connectivity index (χ0n) is 10.4. The van der Waals surface area contributed by atoms with Crippen LogP contribution in [0.25, 0.3) is 0 Å². The van der Waals surface area contributed by atoms with Crippen molar-refractivity contribution in [3.63, 3.8) is 0 Å². The van der Waals surface area contributed by atoms with Crippen LogP contribution in [-0.4, -0.2) is 18.6 Å². The summed E-state index contributed by atoms with van der Waals surface area (Å²) >= 11 is 0. The van der Waals surface area contributed by atoms with Crippen LogP contribution in [0.5, 0.6) is 0 Å². The molecule has 0 unspecified atom stereocenters. The maximum atomic E-state index is 6.00. The smallest absolute Gasteiger partial charge is 0.0401 e. The predicted molar refractivity (Wildman–Crippen MR) is 72.3 cm³/mol. The Morgan fingerprint density at radius 1 is 1.06 bits per heavy atom. The van der Waals surface area contributed by atoms with Crippen molar-refractivity contribution in [2.45, 2.75) is 50.6 Å². The molecule has 1 heterocycles. The highest BCUT2D eigenvalue weighted by Crippen LogP contribution is 2.32. The van der Waals surface area contributed by atoms with Gasteiger partial charge in [-0.2, -0.15) is 0 Å². The van der Waals surface area contributed by atoms with E-state index in [-0.39, 0.29) is 0 Å². The van der Waals surface area contributed by atoms with Gasteiger partial charge in [0.25, 0.3) is 0 Å². The van der Waals surface area contributed by atoms with Crippen LogP contribution in [0, 0.1) is 0 Å². The number of hydrogen-bond acceptors (Lipinski definition) is 2. The molecule has 2 N–H and O–H groups in total. The third-order valence-electron chi connectivity index (χ3n) is 4.33. The molecule has 2 aliphatic rings. The molecule has 0 saturated heterocycles. The number of nitrogens with two attached hydrogens (primary N) is 1. The van der Waals surface area contributed by atoms with Gasteiger partial charge >= 0.3 is 0 Å². The number of aryl methyl sites for hydroxylation is 1. The summed E-state index contributed by atoms with van der Waals surface area (Å²) in [5.74, 6) is 0. The lowest BCUT2D eigenvalue weighted by Gasteiger charge is -2.41. The summed E-state index contributed by atoms with van der Waals surface area (Å²) in [6.45, 7) is 1.23. The van der Waals surface area contributed by atoms with Crippen LogP contribution in [-0.2, 0) is 6.42 Å². The molecule has 0 aromatic heterocycles. The molecule has 92 valence electrons. The van der Waals surface area contributed by atoms with Gasteiger partial charge < -0.3 is 10.6 Å². The molecular weight excluding hydrogens is 208 g/mol. The van der Waals surface area contributed by atoms with E-state index in [4.69, 9.17) is 5.73 Å². The zero-order chi connectivity index (χ0) is 11.7. The van der Waals surface area contributed by atoms with E-state index in [1.165, 1.54) is 56.3 Å². The summed E-state index contributed by atoms with van der Waals surface area (Å²) < 4.78 is 0. The van der Waals surface area contributed by atoms with Crippen LogP contribution < -0.4 is 10.6 Å². The Hall–Kier alpha value is -1.02. The minimum atomic E-state index is 0.450. The summed E-state index contributed by atoms with van der Waals surface area (Å²) in [7, 11) is 0. The van der Waals surface area contributed by atoms with Gasteiger partial charge in [-0.05, 0) is 50.2 Å². The minimum Gasteiger partial charge on any atom is -0.368 e. The van der Waals surface area contributed by atoms with Crippen molar-refractivity contribution in [1.29, 1.82) is 0 Å². The van der Waals surface area contributed by atoms with Gasteiger partial charge in [0, 0.05) is 24.3 Å². The molecule has 0 amide bonds. The topological polar surface area (TPSA) is 29.3 Å². The summed E-state index contributed by atoms with van der Waals surface area (Å²) in [4.78, 5) is 2.64. The number of anilines is 1. The van der Waals surface area contributed by atoms with E-state index < -0.39 is 0 Å². The Balaban J connectivity index is 1.80. The number of hydrogen-bond donors (Lipinski definition) is 1. The Morgan fingerprint density at radius 3 is 2.65 bits per heavy atom. The monoisotopic (exact) mass is 230 g/mol. The average Bonchev–Trinajstić information content (AvgIpc) is 2.39. The highest BCUT2D eigenvalue weighted by molar-refractivity contribution is 5.56. The lowest BCUT2D eigenvalue weighted by atomic mass is 9.88. The van der Waals surface area contributed by atoms with Crippen molar-refractivity contribution in [3.8, 4) is 0 Å². The second kappa shape index (κ2) is 4.69. The van der Waals surface area contributed by atoms with Gasteiger partial charge in [0.05, 0.1) is 0 Å². The fourth-order valence-corrected chi connectivity index (χ4v) is 3.36. The van der Waals surface area contributed by atoms with Crippen LogP contribution in [0.15, 0.2) is 24.3 Å². The lowest BCUT2D eigenvalue weighted by Crippen LogP contribution is -2.43. The fraction of sp³-hybridized carbons (Fsp3) is 0.600. The van der Waals surface area contributed by atoms with E-state index in [9.17, 15) is 0 Å². The van der Waals surface area contributed by atoms with Crippen molar-refractivity contribution in [1.82, 2.24) is 0 Å². The molecule has 17 heavy (non-hydrogen) atoms. The average molecular weight is 230 g/mol. The maximum absolute atomic E-state index is 6.00. The molecule has 0 bridgehead atoms. The van der Waals surface area contributed by atoms with Crippen LogP contribution in [0.1, 0.15) is 37.7 Å². The van der Waals surface area contributed by atoms with Crippen LogP contribution in [0.2, 0.25) is 0 Å². The first kappa shape index (κ1) is 11.1. The number of fused-ring (bicyclic) bond motifs is 1. The first-order chi connectivity index (χ1) is 8.34. The van der Waals surface area contributed by atoms with Gasteiger partial charge in [-0.15, -0.1) is 0 Å². The third kappa shape index (κ3) is 2.19. The Morgan fingerprint density at radius 2 is 1.82 bits per heavy atom. The van der Waals surface area contributed by atoms with Gasteiger partial charge in [0.1, 0.15) is 0 Å². The number of rotatable bonds is 1. The van der Waals surface area contributed by atoms with Crippen LogP contribution >= 0.6 is 0 Å². The van der Waals surface area contributed by atoms with E-state index in [0.29, 0.717) is 6.04 Å². The van der Waals surface area contributed by atoms with Crippen LogP contribution in [0.3, 0.4) is 0 Å². The molecule has 0 radical (unpaired) electrons. The summed E-state index contributed by atoms with van der Waals surface area (Å²) in [6, 6.07) is 10.1. The molecule has 2 nitrogen and oxygen atoms in total. The number of para-hydroxylation sites is 1. The molecular formula is C15H22N2. The number of nitrogens with zero attached hydrogens (tertiary/aromatic N) is 1. The minimum absolute atomic E-state index is 0.450. The second-order valence-electron chi connectivity index (χ2n) is 5.49.